The number of hydrogen-bond donors (Lipinski definition) is 1. The number of rotatable bonds is 8. The van der Waals surface area contributed by atoms with Crippen LogP contribution in [0.25, 0.3) is 16.7 Å². The van der Waals surface area contributed by atoms with E-state index in [1.54, 1.807) is 31.4 Å². The third kappa shape index (κ3) is 6.34. The molecule has 4 aromatic carbocycles. The van der Waals surface area contributed by atoms with E-state index >= 15 is 0 Å². The van der Waals surface area contributed by atoms with Crippen molar-refractivity contribution in [3.05, 3.63) is 107 Å². The largest absolute Gasteiger partial charge is 0.496 e. The first-order valence-corrected chi connectivity index (χ1v) is 14.8. The summed E-state index contributed by atoms with van der Waals surface area (Å²) in [5.41, 5.74) is 7.10. The summed E-state index contributed by atoms with van der Waals surface area (Å²) < 4.78 is 22.8. The van der Waals surface area contributed by atoms with E-state index < -0.39 is 11.9 Å². The lowest BCUT2D eigenvalue weighted by Crippen LogP contribution is -2.32. The third-order valence-corrected chi connectivity index (χ3v) is 7.91. The van der Waals surface area contributed by atoms with Crippen LogP contribution in [0.5, 0.6) is 17.2 Å². The second-order valence-corrected chi connectivity index (χ2v) is 12.0. The molecule has 0 fully saturated rings. The molecule has 0 aromatic heterocycles. The predicted octanol–water partition coefficient (Wildman–Crippen LogP) is 7.36. The van der Waals surface area contributed by atoms with Gasteiger partial charge in [-0.15, -0.1) is 9.24 Å². The maximum Gasteiger partial charge on any atom is 0.344 e. The molecule has 0 spiro atoms. The van der Waals surface area contributed by atoms with E-state index in [1.165, 1.54) is 19.2 Å². The second-order valence-electron chi connectivity index (χ2n) is 11.3. The van der Waals surface area contributed by atoms with Gasteiger partial charge in [0.1, 0.15) is 23.9 Å². The molecule has 8 heteroatoms. The highest BCUT2D eigenvalue weighted by Gasteiger charge is 2.27. The van der Waals surface area contributed by atoms with Crippen molar-refractivity contribution in [1.82, 2.24) is 0 Å². The summed E-state index contributed by atoms with van der Waals surface area (Å²) in [6.45, 7) is 8.76. The first-order valence-electron chi connectivity index (χ1n) is 14.2. The van der Waals surface area contributed by atoms with Crippen LogP contribution < -0.4 is 24.8 Å². The van der Waals surface area contributed by atoms with Gasteiger partial charge in [-0.05, 0) is 86.1 Å². The van der Waals surface area contributed by atoms with E-state index in [1.807, 2.05) is 31.2 Å². The Bertz CT molecular complexity index is 1790. The Morgan fingerprint density at radius 1 is 0.841 bits per heavy atom. The van der Waals surface area contributed by atoms with Crippen molar-refractivity contribution in [2.75, 3.05) is 19.5 Å². The summed E-state index contributed by atoms with van der Waals surface area (Å²) in [5, 5.41) is 4.68. The van der Waals surface area contributed by atoms with Crippen molar-refractivity contribution in [3.8, 4) is 28.4 Å². The zero-order valence-corrected chi connectivity index (χ0v) is 26.9. The molecule has 7 nitrogen and oxygen atoms in total. The van der Waals surface area contributed by atoms with Crippen molar-refractivity contribution >= 4 is 37.7 Å². The lowest BCUT2D eigenvalue weighted by Gasteiger charge is -2.33. The van der Waals surface area contributed by atoms with Crippen molar-refractivity contribution < 1.29 is 28.5 Å². The van der Waals surface area contributed by atoms with E-state index in [9.17, 15) is 9.59 Å². The molecular weight excluding hydrogens is 573 g/mol. The first-order chi connectivity index (χ1) is 21.0. The van der Waals surface area contributed by atoms with Crippen LogP contribution in [0, 0.1) is 6.92 Å². The molecule has 0 aliphatic carbocycles. The summed E-state index contributed by atoms with van der Waals surface area (Å²) in [4.78, 5) is 25.3. The molecule has 1 N–H and O–H groups in total. The minimum Gasteiger partial charge on any atom is -0.496 e. The number of anilines is 1. The van der Waals surface area contributed by atoms with E-state index in [0.29, 0.717) is 12.4 Å². The summed E-state index contributed by atoms with van der Waals surface area (Å²) in [6, 6.07) is 21.9. The highest BCUT2D eigenvalue weighted by atomic mass is 31.0. The summed E-state index contributed by atoms with van der Waals surface area (Å²) in [7, 11) is 5.56. The van der Waals surface area contributed by atoms with Crippen LogP contribution >= 0.6 is 9.24 Å². The fraction of sp³-hybridized carbons (Fsp3) is 0.222. The molecule has 44 heavy (non-hydrogen) atoms. The lowest BCUT2D eigenvalue weighted by molar-refractivity contribution is 0.0587. The van der Waals surface area contributed by atoms with E-state index in [-0.39, 0.29) is 22.4 Å². The second kappa shape index (κ2) is 12.6. The normalized spacial score (nSPS) is 13.2. The SMILES string of the molecule is COC(=O)c1ccccc1C(=O)Oc1ccc(-c2ccc3c(c2COc2cc(P)ccc2C)C(C)=CC(C)(C)N3)c(OC)c1. The van der Waals surface area contributed by atoms with Gasteiger partial charge in [0.05, 0.1) is 30.9 Å². The number of methoxy groups -OCH3 is 2. The zero-order chi connectivity index (χ0) is 31.6. The monoisotopic (exact) mass is 609 g/mol. The number of esters is 2. The van der Waals surface area contributed by atoms with Crippen molar-refractivity contribution in [2.24, 2.45) is 0 Å². The van der Waals surface area contributed by atoms with Gasteiger partial charge in [0.15, 0.2) is 0 Å². The molecular formula is C36H36NO6P. The first kappa shape index (κ1) is 30.8. The Morgan fingerprint density at radius 2 is 1.55 bits per heavy atom. The molecule has 1 atom stereocenters. The average Bonchev–Trinajstić information content (AvgIpc) is 3.00. The molecule has 4 aromatic rings. The van der Waals surface area contributed by atoms with Crippen LogP contribution in [-0.4, -0.2) is 31.7 Å². The van der Waals surface area contributed by atoms with Gasteiger partial charge in [0.25, 0.3) is 0 Å². The van der Waals surface area contributed by atoms with Gasteiger partial charge in [-0.1, -0.05) is 36.4 Å². The minimum absolute atomic E-state index is 0.110. The molecule has 0 radical (unpaired) electrons. The molecule has 1 aliphatic rings. The Kier molecular flexibility index (Phi) is 8.80. The average molecular weight is 610 g/mol. The maximum absolute atomic E-state index is 13.1. The summed E-state index contributed by atoms with van der Waals surface area (Å²) in [6.07, 6.45) is 2.23. The van der Waals surface area contributed by atoms with Crippen LogP contribution in [0.2, 0.25) is 0 Å². The van der Waals surface area contributed by atoms with E-state index in [2.05, 4.69) is 53.5 Å². The highest BCUT2D eigenvalue weighted by molar-refractivity contribution is 7.27. The number of hydrogen-bond acceptors (Lipinski definition) is 7. The van der Waals surface area contributed by atoms with Crippen molar-refractivity contribution in [1.29, 1.82) is 0 Å². The number of fused-ring (bicyclic) bond motifs is 1. The molecule has 0 bridgehead atoms. The van der Waals surface area contributed by atoms with Crippen LogP contribution in [0.1, 0.15) is 58.2 Å². The molecule has 1 unspecified atom stereocenters. The Hall–Kier alpha value is -4.61. The van der Waals surface area contributed by atoms with Crippen LogP contribution in [0.15, 0.2) is 78.9 Å². The number of ether oxygens (including phenoxy) is 4. The van der Waals surface area contributed by atoms with Gasteiger partial charge in [0.2, 0.25) is 0 Å². The van der Waals surface area contributed by atoms with Crippen LogP contribution in [0.3, 0.4) is 0 Å². The Balaban J connectivity index is 1.55. The zero-order valence-electron chi connectivity index (χ0n) is 25.7. The van der Waals surface area contributed by atoms with Gasteiger partial charge >= 0.3 is 11.9 Å². The van der Waals surface area contributed by atoms with Gasteiger partial charge in [-0.25, -0.2) is 9.59 Å². The smallest absolute Gasteiger partial charge is 0.344 e. The van der Waals surface area contributed by atoms with Gasteiger partial charge in [-0.3, -0.25) is 0 Å². The Morgan fingerprint density at radius 3 is 2.25 bits per heavy atom. The topological polar surface area (TPSA) is 83.1 Å². The number of allylic oxidation sites excluding steroid dienone is 1. The molecule has 0 amide bonds. The lowest BCUT2D eigenvalue weighted by atomic mass is 9.85. The minimum atomic E-state index is -0.676. The quantitative estimate of drug-likeness (QED) is 0.127. The van der Waals surface area contributed by atoms with E-state index in [4.69, 9.17) is 18.9 Å². The van der Waals surface area contributed by atoms with Crippen LogP contribution in [0.4, 0.5) is 5.69 Å². The fourth-order valence-corrected chi connectivity index (χ4v) is 5.84. The Labute approximate surface area is 260 Å². The molecule has 1 heterocycles. The maximum atomic E-state index is 13.1. The molecule has 0 saturated carbocycles. The summed E-state index contributed by atoms with van der Waals surface area (Å²) >= 11 is 0. The number of nitrogens with one attached hydrogen (secondary N) is 1. The van der Waals surface area contributed by atoms with Gasteiger partial charge in [0, 0.05) is 28.4 Å². The number of benzene rings is 4. The number of carbonyl (C=O) groups excluding carboxylic acids is 2. The van der Waals surface area contributed by atoms with Gasteiger partial charge in [-0.2, -0.15) is 0 Å². The molecule has 0 saturated heterocycles. The van der Waals surface area contributed by atoms with Crippen LogP contribution in [-0.2, 0) is 11.3 Å². The third-order valence-electron chi connectivity index (χ3n) is 7.55. The standard InChI is InChI=1S/C36H36NO6P/c1-21-11-13-24(44)18-31(21)42-20-29-25(15-16-30-33(29)22(2)19-36(3,4)37-30)26-14-12-23(17-32(26)40-5)43-35(39)28-10-8-7-9-27(28)34(38)41-6/h7-19,37H,20,44H2,1-6H3. The number of aryl methyl sites for hydroxylation is 1. The molecule has 1 aliphatic heterocycles. The highest BCUT2D eigenvalue weighted by Crippen LogP contribution is 2.43. The predicted molar refractivity (Wildman–Crippen MR) is 177 cm³/mol. The van der Waals surface area contributed by atoms with Crippen molar-refractivity contribution in [3.63, 3.8) is 0 Å². The molecule has 226 valence electrons. The molecule has 5 rings (SSSR count). The van der Waals surface area contributed by atoms with E-state index in [0.717, 1.165) is 50.1 Å². The fourth-order valence-electron chi connectivity index (χ4n) is 5.59. The summed E-state index contributed by atoms with van der Waals surface area (Å²) in [5.74, 6) is 0.317. The van der Waals surface area contributed by atoms with Gasteiger partial charge < -0.3 is 24.3 Å². The van der Waals surface area contributed by atoms with Crippen molar-refractivity contribution in [2.45, 2.75) is 39.8 Å². The number of carbonyl (C=O) groups is 2.